The van der Waals surface area contributed by atoms with Gasteiger partial charge in [-0.05, 0) is 50.1 Å². The molecule has 0 amide bonds. The molecule has 88 valence electrons. The van der Waals surface area contributed by atoms with Crippen LogP contribution in [-0.4, -0.2) is 16.6 Å². The van der Waals surface area contributed by atoms with Crippen molar-refractivity contribution in [2.45, 2.75) is 25.8 Å². The fourth-order valence-electron chi connectivity index (χ4n) is 2.70. The van der Waals surface area contributed by atoms with Crippen LogP contribution in [0.2, 0.25) is 0 Å². The van der Waals surface area contributed by atoms with Crippen molar-refractivity contribution in [3.05, 3.63) is 47.5 Å². The predicted molar refractivity (Wildman–Crippen MR) is 68.4 cm³/mol. The van der Waals surface area contributed by atoms with Crippen molar-refractivity contribution in [3.63, 3.8) is 0 Å². The maximum Gasteiger partial charge on any atom is 0.110 e. The average molecular weight is 227 g/mol. The second kappa shape index (κ2) is 4.00. The normalized spacial score (nSPS) is 18.4. The summed E-state index contributed by atoms with van der Waals surface area (Å²) in [7, 11) is 2.04. The molecule has 1 aliphatic carbocycles. The van der Waals surface area contributed by atoms with Crippen LogP contribution in [0, 0.1) is 6.92 Å². The molecule has 3 nitrogen and oxygen atoms in total. The summed E-state index contributed by atoms with van der Waals surface area (Å²) in [5.74, 6) is 1.04. The molecule has 0 radical (unpaired) electrons. The lowest BCUT2D eigenvalue weighted by molar-refractivity contribution is 0.590. The summed E-state index contributed by atoms with van der Waals surface area (Å²) >= 11 is 0. The number of benzene rings is 1. The molecule has 1 N–H and O–H groups in total. The summed E-state index contributed by atoms with van der Waals surface area (Å²) in [5, 5.41) is 3.37. The van der Waals surface area contributed by atoms with E-state index in [-0.39, 0.29) is 0 Å². The SMILES string of the molecule is CNC1CCc2cc(-n3ccnc3C)ccc21. The zero-order valence-electron chi connectivity index (χ0n) is 10.3. The van der Waals surface area contributed by atoms with E-state index in [4.69, 9.17) is 0 Å². The number of nitrogens with one attached hydrogen (secondary N) is 1. The molecule has 1 aromatic carbocycles. The first-order valence-corrected chi connectivity index (χ1v) is 6.10. The number of imidazole rings is 1. The monoisotopic (exact) mass is 227 g/mol. The lowest BCUT2D eigenvalue weighted by Crippen LogP contribution is -2.12. The van der Waals surface area contributed by atoms with Crippen molar-refractivity contribution < 1.29 is 0 Å². The summed E-state index contributed by atoms with van der Waals surface area (Å²) in [4.78, 5) is 4.27. The number of aryl methyl sites for hydroxylation is 2. The van der Waals surface area contributed by atoms with Gasteiger partial charge in [0, 0.05) is 24.1 Å². The fourth-order valence-corrected chi connectivity index (χ4v) is 2.70. The van der Waals surface area contributed by atoms with E-state index >= 15 is 0 Å². The highest BCUT2D eigenvalue weighted by Crippen LogP contribution is 2.32. The van der Waals surface area contributed by atoms with E-state index in [1.54, 1.807) is 0 Å². The highest BCUT2D eigenvalue weighted by atomic mass is 15.1. The molecule has 0 spiro atoms. The largest absolute Gasteiger partial charge is 0.313 e. The Morgan fingerprint density at radius 1 is 1.41 bits per heavy atom. The molecule has 0 fully saturated rings. The number of hydrogen-bond acceptors (Lipinski definition) is 2. The van der Waals surface area contributed by atoms with Crippen LogP contribution >= 0.6 is 0 Å². The minimum atomic E-state index is 0.530. The highest BCUT2D eigenvalue weighted by molar-refractivity contribution is 5.45. The average Bonchev–Trinajstić information content (AvgIpc) is 2.93. The molecule has 1 unspecified atom stereocenters. The molecular formula is C14H17N3. The van der Waals surface area contributed by atoms with Crippen LogP contribution in [-0.2, 0) is 6.42 Å². The van der Waals surface area contributed by atoms with Crippen LogP contribution in [0.5, 0.6) is 0 Å². The maximum absolute atomic E-state index is 4.27. The van der Waals surface area contributed by atoms with Crippen LogP contribution in [0.3, 0.4) is 0 Å². The minimum absolute atomic E-state index is 0.530. The van der Waals surface area contributed by atoms with Crippen LogP contribution in [0.1, 0.15) is 29.4 Å². The van der Waals surface area contributed by atoms with Crippen LogP contribution in [0.4, 0.5) is 0 Å². The first-order valence-electron chi connectivity index (χ1n) is 6.10. The van der Waals surface area contributed by atoms with E-state index in [0.29, 0.717) is 6.04 Å². The Labute approximate surface area is 101 Å². The van der Waals surface area contributed by atoms with Crippen molar-refractivity contribution in [1.82, 2.24) is 14.9 Å². The first-order chi connectivity index (χ1) is 8.29. The number of nitrogens with zero attached hydrogens (tertiary/aromatic N) is 2. The Morgan fingerprint density at radius 3 is 3.00 bits per heavy atom. The van der Waals surface area contributed by atoms with Crippen molar-refractivity contribution in [2.24, 2.45) is 0 Å². The lowest BCUT2D eigenvalue weighted by atomic mass is 10.1. The third-order valence-electron chi connectivity index (χ3n) is 3.66. The third kappa shape index (κ3) is 1.67. The van der Waals surface area contributed by atoms with Gasteiger partial charge in [0.05, 0.1) is 0 Å². The van der Waals surface area contributed by atoms with Gasteiger partial charge < -0.3 is 9.88 Å². The zero-order chi connectivity index (χ0) is 11.8. The number of rotatable bonds is 2. The smallest absolute Gasteiger partial charge is 0.110 e. The van der Waals surface area contributed by atoms with E-state index in [0.717, 1.165) is 5.82 Å². The van der Waals surface area contributed by atoms with Gasteiger partial charge in [-0.3, -0.25) is 0 Å². The summed E-state index contributed by atoms with van der Waals surface area (Å²) in [6, 6.07) is 7.26. The Hall–Kier alpha value is -1.61. The van der Waals surface area contributed by atoms with Gasteiger partial charge in [-0.25, -0.2) is 4.98 Å². The molecule has 0 saturated carbocycles. The molecule has 17 heavy (non-hydrogen) atoms. The van der Waals surface area contributed by atoms with Gasteiger partial charge in [0.1, 0.15) is 5.82 Å². The van der Waals surface area contributed by atoms with E-state index in [9.17, 15) is 0 Å². The standard InChI is InChI=1S/C14H17N3/c1-10-16-7-8-17(10)12-4-5-13-11(9-12)3-6-14(13)15-2/h4-5,7-9,14-15H,3,6H2,1-2H3. The zero-order valence-corrected chi connectivity index (χ0v) is 10.3. The van der Waals surface area contributed by atoms with Crippen molar-refractivity contribution in [2.75, 3.05) is 7.05 Å². The van der Waals surface area contributed by atoms with Crippen LogP contribution in [0.15, 0.2) is 30.6 Å². The van der Waals surface area contributed by atoms with Crippen LogP contribution < -0.4 is 5.32 Å². The fraction of sp³-hybridized carbons (Fsp3) is 0.357. The van der Waals surface area contributed by atoms with E-state index in [2.05, 4.69) is 33.1 Å². The molecule has 3 heteroatoms. The van der Waals surface area contributed by atoms with E-state index in [1.807, 2.05) is 26.4 Å². The van der Waals surface area contributed by atoms with Gasteiger partial charge in [-0.2, -0.15) is 0 Å². The van der Waals surface area contributed by atoms with Gasteiger partial charge in [-0.15, -0.1) is 0 Å². The minimum Gasteiger partial charge on any atom is -0.313 e. The third-order valence-corrected chi connectivity index (χ3v) is 3.66. The molecule has 0 saturated heterocycles. The molecule has 1 heterocycles. The van der Waals surface area contributed by atoms with Gasteiger partial charge in [0.15, 0.2) is 0 Å². The lowest BCUT2D eigenvalue weighted by Gasteiger charge is -2.11. The van der Waals surface area contributed by atoms with Gasteiger partial charge in [0.2, 0.25) is 0 Å². The molecule has 1 aromatic heterocycles. The van der Waals surface area contributed by atoms with E-state index < -0.39 is 0 Å². The molecule has 0 aliphatic heterocycles. The molecule has 3 rings (SSSR count). The molecule has 0 bridgehead atoms. The quantitative estimate of drug-likeness (QED) is 0.853. The number of hydrogen-bond donors (Lipinski definition) is 1. The molecule has 1 aliphatic rings. The summed E-state index contributed by atoms with van der Waals surface area (Å²) < 4.78 is 2.13. The predicted octanol–water partition coefficient (Wildman–Crippen LogP) is 2.39. The van der Waals surface area contributed by atoms with Crippen molar-refractivity contribution >= 4 is 0 Å². The number of aromatic nitrogens is 2. The molecular weight excluding hydrogens is 210 g/mol. The second-order valence-electron chi connectivity index (χ2n) is 4.61. The van der Waals surface area contributed by atoms with Crippen molar-refractivity contribution in [1.29, 1.82) is 0 Å². The Bertz CT molecular complexity index is 542. The summed E-state index contributed by atoms with van der Waals surface area (Å²) in [5.41, 5.74) is 4.14. The van der Waals surface area contributed by atoms with E-state index in [1.165, 1.54) is 29.7 Å². The number of fused-ring (bicyclic) bond motifs is 1. The highest BCUT2D eigenvalue weighted by Gasteiger charge is 2.21. The summed E-state index contributed by atoms with van der Waals surface area (Å²) in [6.45, 7) is 2.03. The topological polar surface area (TPSA) is 29.9 Å². The first kappa shape index (κ1) is 10.5. The Balaban J connectivity index is 2.03. The Morgan fingerprint density at radius 2 is 2.29 bits per heavy atom. The van der Waals surface area contributed by atoms with Gasteiger partial charge in [0.25, 0.3) is 0 Å². The van der Waals surface area contributed by atoms with Gasteiger partial charge in [-0.1, -0.05) is 6.07 Å². The summed E-state index contributed by atoms with van der Waals surface area (Å²) in [6.07, 6.45) is 6.24. The van der Waals surface area contributed by atoms with Crippen LogP contribution in [0.25, 0.3) is 5.69 Å². The maximum atomic E-state index is 4.27. The van der Waals surface area contributed by atoms with Crippen molar-refractivity contribution in [3.8, 4) is 5.69 Å². The Kier molecular flexibility index (Phi) is 2.48. The van der Waals surface area contributed by atoms with Gasteiger partial charge >= 0.3 is 0 Å². The molecule has 1 atom stereocenters. The second-order valence-corrected chi connectivity index (χ2v) is 4.61. The molecule has 2 aromatic rings.